The van der Waals surface area contributed by atoms with Crippen molar-refractivity contribution in [2.75, 3.05) is 19.8 Å². The van der Waals surface area contributed by atoms with E-state index in [4.69, 9.17) is 9.84 Å². The third-order valence-corrected chi connectivity index (χ3v) is 4.83. The minimum atomic E-state index is -1.12. The van der Waals surface area contributed by atoms with Gasteiger partial charge in [-0.2, -0.15) is 0 Å². The van der Waals surface area contributed by atoms with Gasteiger partial charge in [-0.1, -0.05) is 0 Å². The van der Waals surface area contributed by atoms with Crippen LogP contribution in [0.5, 0.6) is 0 Å². The summed E-state index contributed by atoms with van der Waals surface area (Å²) < 4.78 is 5.91. The summed E-state index contributed by atoms with van der Waals surface area (Å²) in [7, 11) is 0. The molecule has 1 fully saturated rings. The number of carbonyl (C=O) groups excluding carboxylic acids is 2. The van der Waals surface area contributed by atoms with Crippen molar-refractivity contribution in [3.63, 3.8) is 0 Å². The van der Waals surface area contributed by atoms with Crippen LogP contribution in [0.3, 0.4) is 0 Å². The van der Waals surface area contributed by atoms with Crippen molar-refractivity contribution in [3.8, 4) is 0 Å². The van der Waals surface area contributed by atoms with Gasteiger partial charge in [-0.25, -0.2) is 4.79 Å². The summed E-state index contributed by atoms with van der Waals surface area (Å²) in [4.78, 5) is 37.3. The van der Waals surface area contributed by atoms with E-state index in [1.54, 1.807) is 12.1 Å². The van der Waals surface area contributed by atoms with E-state index in [2.05, 4.69) is 21.2 Å². The Morgan fingerprint density at radius 1 is 1.50 bits per heavy atom. The van der Waals surface area contributed by atoms with Crippen LogP contribution in [0.15, 0.2) is 15.9 Å². The second kappa shape index (κ2) is 7.21. The first-order valence-electron chi connectivity index (χ1n) is 6.57. The number of amides is 2. The predicted octanol–water partition coefficient (Wildman–Crippen LogP) is 0.941. The van der Waals surface area contributed by atoms with Gasteiger partial charge in [-0.3, -0.25) is 9.59 Å². The fourth-order valence-corrected chi connectivity index (χ4v) is 3.38. The number of halogens is 1. The van der Waals surface area contributed by atoms with Crippen molar-refractivity contribution in [2.45, 2.75) is 19.0 Å². The van der Waals surface area contributed by atoms with Crippen molar-refractivity contribution < 1.29 is 24.2 Å². The number of carboxylic acid groups (broad SMARTS) is 1. The molecule has 0 spiro atoms. The number of carboxylic acids is 1. The zero-order valence-electron chi connectivity index (χ0n) is 11.7. The van der Waals surface area contributed by atoms with E-state index >= 15 is 0 Å². The molecule has 1 aliphatic heterocycles. The molecule has 0 saturated carbocycles. The molecule has 1 saturated heterocycles. The van der Waals surface area contributed by atoms with Crippen molar-refractivity contribution in [1.29, 1.82) is 0 Å². The highest BCUT2D eigenvalue weighted by atomic mass is 79.9. The maximum absolute atomic E-state index is 12.4. The van der Waals surface area contributed by atoms with Crippen LogP contribution in [0.2, 0.25) is 0 Å². The molecule has 2 atom stereocenters. The number of aliphatic carboxylic acids is 1. The molecule has 2 amide bonds. The molecule has 2 N–H and O–H groups in total. The molecule has 9 heteroatoms. The van der Waals surface area contributed by atoms with Gasteiger partial charge in [0.1, 0.15) is 6.04 Å². The number of morpholine rings is 1. The van der Waals surface area contributed by atoms with Crippen molar-refractivity contribution in [3.05, 3.63) is 20.8 Å². The van der Waals surface area contributed by atoms with E-state index in [9.17, 15) is 14.4 Å². The van der Waals surface area contributed by atoms with Crippen molar-refractivity contribution in [1.82, 2.24) is 10.2 Å². The molecule has 1 aromatic rings. The Hall–Kier alpha value is -1.45. The molecule has 2 rings (SSSR count). The highest BCUT2D eigenvalue weighted by Gasteiger charge is 2.35. The average molecular weight is 391 g/mol. The predicted molar refractivity (Wildman–Crippen MR) is 82.9 cm³/mol. The van der Waals surface area contributed by atoms with Gasteiger partial charge < -0.3 is 20.1 Å². The zero-order chi connectivity index (χ0) is 16.3. The lowest BCUT2D eigenvalue weighted by Crippen LogP contribution is -2.57. The number of ether oxygens (including phenoxy) is 1. The monoisotopic (exact) mass is 390 g/mol. The zero-order valence-corrected chi connectivity index (χ0v) is 14.1. The molecule has 7 nitrogen and oxygen atoms in total. The first-order valence-corrected chi connectivity index (χ1v) is 8.18. The normalized spacial score (nSPS) is 19.5. The molecule has 2 unspecified atom stereocenters. The Morgan fingerprint density at radius 3 is 2.82 bits per heavy atom. The SMILES string of the molecule is CC(NC(=O)c1ccc(Br)s1)C(=O)N1CCOCC1C(=O)O. The Labute approximate surface area is 139 Å². The number of thiophene rings is 1. The molecular formula is C13H15BrN2O5S. The summed E-state index contributed by atoms with van der Waals surface area (Å²) in [5.74, 6) is -1.91. The van der Waals surface area contributed by atoms with Gasteiger partial charge in [-0.15, -0.1) is 11.3 Å². The van der Waals surface area contributed by atoms with Crippen LogP contribution in [0, 0.1) is 0 Å². The Kier molecular flexibility index (Phi) is 5.54. The van der Waals surface area contributed by atoms with Gasteiger partial charge in [0, 0.05) is 6.54 Å². The molecule has 0 aliphatic carbocycles. The first-order chi connectivity index (χ1) is 10.4. The van der Waals surface area contributed by atoms with Gasteiger partial charge in [0.2, 0.25) is 5.91 Å². The maximum atomic E-state index is 12.4. The molecule has 0 aromatic carbocycles. The third kappa shape index (κ3) is 3.84. The molecule has 22 heavy (non-hydrogen) atoms. The van der Waals surface area contributed by atoms with Crippen LogP contribution in [0.25, 0.3) is 0 Å². The minimum Gasteiger partial charge on any atom is -0.480 e. The number of nitrogens with zero attached hydrogens (tertiary/aromatic N) is 1. The minimum absolute atomic E-state index is 0.0421. The van der Waals surface area contributed by atoms with E-state index in [0.717, 1.165) is 3.79 Å². The fraction of sp³-hybridized carbons (Fsp3) is 0.462. The van der Waals surface area contributed by atoms with E-state index in [-0.39, 0.29) is 25.7 Å². The second-order valence-corrected chi connectivity index (χ2v) is 7.22. The Balaban J connectivity index is 2.01. The van der Waals surface area contributed by atoms with Crippen LogP contribution in [0.1, 0.15) is 16.6 Å². The quantitative estimate of drug-likeness (QED) is 0.797. The largest absolute Gasteiger partial charge is 0.480 e. The molecule has 1 aromatic heterocycles. The molecular weight excluding hydrogens is 376 g/mol. The maximum Gasteiger partial charge on any atom is 0.328 e. The molecule has 1 aliphatic rings. The van der Waals surface area contributed by atoms with Gasteiger partial charge in [-0.05, 0) is 35.0 Å². The highest BCUT2D eigenvalue weighted by Crippen LogP contribution is 2.22. The summed E-state index contributed by atoms with van der Waals surface area (Å²) in [5.41, 5.74) is 0. The third-order valence-electron chi connectivity index (χ3n) is 3.21. The van der Waals surface area contributed by atoms with Crippen LogP contribution < -0.4 is 5.32 Å². The lowest BCUT2D eigenvalue weighted by atomic mass is 10.2. The topological polar surface area (TPSA) is 95.9 Å². The standard InChI is InChI=1S/C13H15BrN2O5S/c1-7(15-11(17)9-2-3-10(14)22-9)12(18)16-4-5-21-6-8(16)13(19)20/h2-3,7-8H,4-6H2,1H3,(H,15,17)(H,19,20). The Bertz CT molecular complexity index is 591. The summed E-state index contributed by atoms with van der Waals surface area (Å²) in [5, 5.41) is 11.7. The van der Waals surface area contributed by atoms with Crippen LogP contribution in [-0.2, 0) is 14.3 Å². The second-order valence-electron chi connectivity index (χ2n) is 4.76. The van der Waals surface area contributed by atoms with Gasteiger partial charge in [0.15, 0.2) is 6.04 Å². The molecule has 0 bridgehead atoms. The first kappa shape index (κ1) is 16.9. The van der Waals surface area contributed by atoms with Crippen LogP contribution >= 0.6 is 27.3 Å². The average Bonchev–Trinajstić information content (AvgIpc) is 2.93. The summed E-state index contributed by atoms with van der Waals surface area (Å²) in [6, 6.07) is 1.56. The lowest BCUT2D eigenvalue weighted by Gasteiger charge is -2.34. The highest BCUT2D eigenvalue weighted by molar-refractivity contribution is 9.11. The van der Waals surface area contributed by atoms with Gasteiger partial charge in [0.25, 0.3) is 5.91 Å². The fourth-order valence-electron chi connectivity index (χ4n) is 2.09. The van der Waals surface area contributed by atoms with Gasteiger partial charge >= 0.3 is 5.97 Å². The van der Waals surface area contributed by atoms with Crippen LogP contribution in [-0.4, -0.2) is 59.6 Å². The Morgan fingerprint density at radius 2 is 2.23 bits per heavy atom. The number of rotatable bonds is 4. The number of carbonyl (C=O) groups is 3. The summed E-state index contributed by atoms with van der Waals surface area (Å²) in [6.07, 6.45) is 0. The van der Waals surface area contributed by atoms with E-state index < -0.39 is 24.0 Å². The van der Waals surface area contributed by atoms with Crippen LogP contribution in [0.4, 0.5) is 0 Å². The summed E-state index contributed by atoms with van der Waals surface area (Å²) >= 11 is 4.52. The lowest BCUT2D eigenvalue weighted by molar-refractivity contribution is -0.158. The van der Waals surface area contributed by atoms with Gasteiger partial charge in [0.05, 0.1) is 21.9 Å². The van der Waals surface area contributed by atoms with Crippen molar-refractivity contribution in [2.24, 2.45) is 0 Å². The van der Waals surface area contributed by atoms with E-state index in [1.165, 1.54) is 23.2 Å². The number of hydrogen-bond donors (Lipinski definition) is 2. The van der Waals surface area contributed by atoms with E-state index in [1.807, 2.05) is 0 Å². The number of nitrogens with one attached hydrogen (secondary N) is 1. The van der Waals surface area contributed by atoms with E-state index in [0.29, 0.717) is 4.88 Å². The molecule has 120 valence electrons. The number of hydrogen-bond acceptors (Lipinski definition) is 5. The van der Waals surface area contributed by atoms with Crippen molar-refractivity contribution >= 4 is 45.1 Å². The molecule has 2 heterocycles. The molecule has 0 radical (unpaired) electrons. The summed E-state index contributed by atoms with van der Waals surface area (Å²) in [6.45, 7) is 1.98. The smallest absolute Gasteiger partial charge is 0.328 e.